The summed E-state index contributed by atoms with van der Waals surface area (Å²) in [5.41, 5.74) is -0.511. The highest BCUT2D eigenvalue weighted by Gasteiger charge is 2.19. The summed E-state index contributed by atoms with van der Waals surface area (Å²) in [4.78, 5) is 10.6. The molecule has 0 saturated carbocycles. The number of hydrogen-bond donors (Lipinski definition) is 1. The zero-order valence-corrected chi connectivity index (χ0v) is 9.24. The first-order valence-electron chi connectivity index (χ1n) is 4.56. The summed E-state index contributed by atoms with van der Waals surface area (Å²) in [6.45, 7) is 0. The van der Waals surface area contributed by atoms with Gasteiger partial charge < -0.3 is 0 Å². The average molecular weight is 254 g/mol. The van der Waals surface area contributed by atoms with Gasteiger partial charge in [-0.05, 0) is 24.3 Å². The molecule has 1 aromatic heterocycles. The van der Waals surface area contributed by atoms with E-state index in [0.717, 1.165) is 24.3 Å². The first-order valence-corrected chi connectivity index (χ1v) is 6.05. The molecule has 0 fully saturated rings. The maximum Gasteiger partial charge on any atom is 0.264 e. The van der Waals surface area contributed by atoms with Gasteiger partial charge in [-0.1, -0.05) is 6.07 Å². The Labute approximate surface area is 95.8 Å². The zero-order chi connectivity index (χ0) is 12.5. The quantitative estimate of drug-likeness (QED) is 0.857. The van der Waals surface area contributed by atoms with Gasteiger partial charge in [0.15, 0.2) is 5.03 Å². The van der Waals surface area contributed by atoms with E-state index in [1.807, 2.05) is 5.10 Å². The molecule has 0 saturated heterocycles. The Balaban J connectivity index is 2.57. The van der Waals surface area contributed by atoms with Gasteiger partial charge in [0.2, 0.25) is 9.84 Å². The number of sulfone groups is 1. The summed E-state index contributed by atoms with van der Waals surface area (Å²) < 4.78 is 36.8. The number of nitrogens with one attached hydrogen (secondary N) is 1. The molecule has 0 aliphatic carbocycles. The third kappa shape index (κ3) is 2.23. The number of benzene rings is 1. The number of nitrogens with zero attached hydrogens (tertiary/aromatic N) is 1. The summed E-state index contributed by atoms with van der Waals surface area (Å²) in [7, 11) is -3.90. The Morgan fingerprint density at radius 3 is 2.53 bits per heavy atom. The topological polar surface area (TPSA) is 79.9 Å². The lowest BCUT2D eigenvalue weighted by molar-refractivity contribution is 0.585. The lowest BCUT2D eigenvalue weighted by atomic mass is 10.4. The Morgan fingerprint density at radius 1 is 1.18 bits per heavy atom. The van der Waals surface area contributed by atoms with E-state index in [1.165, 1.54) is 12.1 Å². The molecule has 0 aliphatic heterocycles. The van der Waals surface area contributed by atoms with Crippen LogP contribution in [0, 0.1) is 5.82 Å². The molecular weight excluding hydrogens is 247 g/mol. The van der Waals surface area contributed by atoms with Crippen LogP contribution in [-0.4, -0.2) is 18.6 Å². The highest BCUT2D eigenvalue weighted by molar-refractivity contribution is 7.91. The Bertz CT molecular complexity index is 689. The number of aromatic nitrogens is 2. The molecule has 1 N–H and O–H groups in total. The molecule has 17 heavy (non-hydrogen) atoms. The van der Waals surface area contributed by atoms with E-state index in [4.69, 9.17) is 0 Å². The van der Waals surface area contributed by atoms with Crippen molar-refractivity contribution in [3.63, 3.8) is 0 Å². The van der Waals surface area contributed by atoms with Crippen LogP contribution in [0.25, 0.3) is 0 Å². The molecule has 0 radical (unpaired) electrons. The highest BCUT2D eigenvalue weighted by atomic mass is 32.2. The van der Waals surface area contributed by atoms with E-state index < -0.39 is 21.2 Å². The van der Waals surface area contributed by atoms with Crippen LogP contribution in [-0.2, 0) is 9.84 Å². The molecule has 1 aromatic carbocycles. The van der Waals surface area contributed by atoms with Crippen molar-refractivity contribution in [1.29, 1.82) is 0 Å². The van der Waals surface area contributed by atoms with Crippen molar-refractivity contribution in [2.75, 3.05) is 0 Å². The van der Waals surface area contributed by atoms with Gasteiger partial charge in [0, 0.05) is 6.07 Å². The van der Waals surface area contributed by atoms with Crippen LogP contribution in [0.2, 0.25) is 0 Å². The molecule has 88 valence electrons. The summed E-state index contributed by atoms with van der Waals surface area (Å²) >= 11 is 0. The van der Waals surface area contributed by atoms with Crippen molar-refractivity contribution in [2.24, 2.45) is 0 Å². The molecule has 0 aliphatic rings. The standard InChI is InChI=1S/C10H7FN2O3S/c11-7-2-1-3-8(6-7)17(15,16)10-5-4-9(14)12-13-10/h1-6H,(H,12,14). The predicted molar refractivity (Wildman–Crippen MR) is 56.7 cm³/mol. The predicted octanol–water partition coefficient (Wildman–Crippen LogP) is 0.742. The van der Waals surface area contributed by atoms with E-state index in [0.29, 0.717) is 0 Å². The summed E-state index contributed by atoms with van der Waals surface area (Å²) in [5, 5.41) is 5.09. The van der Waals surface area contributed by atoms with E-state index in [9.17, 15) is 17.6 Å². The minimum absolute atomic E-state index is 0.211. The molecule has 0 amide bonds. The highest BCUT2D eigenvalue weighted by Crippen LogP contribution is 2.18. The number of rotatable bonds is 2. The van der Waals surface area contributed by atoms with Gasteiger partial charge >= 0.3 is 0 Å². The van der Waals surface area contributed by atoms with Crippen LogP contribution in [0.15, 0.2) is 51.1 Å². The summed E-state index contributed by atoms with van der Waals surface area (Å²) in [6.07, 6.45) is 0. The van der Waals surface area contributed by atoms with Crippen molar-refractivity contribution >= 4 is 9.84 Å². The molecule has 0 spiro atoms. The molecular formula is C10H7FN2O3S. The number of halogens is 1. The summed E-state index contributed by atoms with van der Waals surface area (Å²) in [6, 6.07) is 6.68. The molecule has 2 rings (SSSR count). The minimum atomic E-state index is -3.90. The number of hydrogen-bond acceptors (Lipinski definition) is 4. The second-order valence-corrected chi connectivity index (χ2v) is 5.12. The van der Waals surface area contributed by atoms with Gasteiger partial charge in [-0.2, -0.15) is 5.10 Å². The maximum absolute atomic E-state index is 12.9. The molecule has 7 heteroatoms. The van der Waals surface area contributed by atoms with Crippen LogP contribution < -0.4 is 5.56 Å². The average Bonchev–Trinajstić information content (AvgIpc) is 2.29. The lowest BCUT2D eigenvalue weighted by Gasteiger charge is -2.02. The lowest BCUT2D eigenvalue weighted by Crippen LogP contribution is -2.12. The molecule has 5 nitrogen and oxygen atoms in total. The van der Waals surface area contributed by atoms with Crippen LogP contribution >= 0.6 is 0 Å². The number of H-pyrrole nitrogens is 1. The molecule has 0 bridgehead atoms. The third-order valence-electron chi connectivity index (χ3n) is 2.04. The molecule has 0 unspecified atom stereocenters. The van der Waals surface area contributed by atoms with Gasteiger partial charge in [0.05, 0.1) is 4.90 Å². The van der Waals surface area contributed by atoms with Gasteiger partial charge in [0.1, 0.15) is 5.82 Å². The van der Waals surface area contributed by atoms with Crippen LogP contribution in [0.5, 0.6) is 0 Å². The van der Waals surface area contributed by atoms with Gasteiger partial charge in [0.25, 0.3) is 5.56 Å². The smallest absolute Gasteiger partial charge is 0.264 e. The van der Waals surface area contributed by atoms with Crippen molar-refractivity contribution in [3.05, 3.63) is 52.6 Å². The van der Waals surface area contributed by atoms with Crippen LogP contribution in [0.4, 0.5) is 4.39 Å². The largest absolute Gasteiger partial charge is 0.268 e. The van der Waals surface area contributed by atoms with Gasteiger partial charge in [-0.25, -0.2) is 17.9 Å². The van der Waals surface area contributed by atoms with E-state index in [2.05, 4.69) is 5.10 Å². The normalized spacial score (nSPS) is 11.4. The Kier molecular flexibility index (Phi) is 2.76. The fourth-order valence-corrected chi connectivity index (χ4v) is 2.42. The first-order chi connectivity index (χ1) is 8.00. The second kappa shape index (κ2) is 4.10. The Morgan fingerprint density at radius 2 is 1.94 bits per heavy atom. The second-order valence-electron chi connectivity index (χ2n) is 3.22. The van der Waals surface area contributed by atoms with E-state index in [-0.39, 0.29) is 9.92 Å². The summed E-state index contributed by atoms with van der Waals surface area (Å²) in [5.74, 6) is -0.657. The fraction of sp³-hybridized carbons (Fsp3) is 0. The van der Waals surface area contributed by atoms with Crippen molar-refractivity contribution < 1.29 is 12.8 Å². The van der Waals surface area contributed by atoms with E-state index in [1.54, 1.807) is 0 Å². The van der Waals surface area contributed by atoms with E-state index >= 15 is 0 Å². The van der Waals surface area contributed by atoms with Crippen molar-refractivity contribution in [1.82, 2.24) is 10.2 Å². The third-order valence-corrected chi connectivity index (χ3v) is 3.69. The SMILES string of the molecule is O=c1ccc(S(=O)(=O)c2cccc(F)c2)n[nH]1. The number of aromatic amines is 1. The van der Waals surface area contributed by atoms with Crippen molar-refractivity contribution in [3.8, 4) is 0 Å². The first kappa shape index (κ1) is 11.5. The van der Waals surface area contributed by atoms with Crippen molar-refractivity contribution in [2.45, 2.75) is 9.92 Å². The monoisotopic (exact) mass is 254 g/mol. The molecule has 1 heterocycles. The minimum Gasteiger partial charge on any atom is -0.268 e. The fourth-order valence-electron chi connectivity index (χ4n) is 1.24. The van der Waals surface area contributed by atoms with Gasteiger partial charge in [-0.15, -0.1) is 0 Å². The van der Waals surface area contributed by atoms with Crippen LogP contribution in [0.3, 0.4) is 0 Å². The molecule has 0 atom stereocenters. The van der Waals surface area contributed by atoms with Gasteiger partial charge in [-0.3, -0.25) is 4.79 Å². The maximum atomic E-state index is 12.9. The molecule has 2 aromatic rings. The Hall–Kier alpha value is -2.02. The zero-order valence-electron chi connectivity index (χ0n) is 8.42. The van der Waals surface area contributed by atoms with Crippen LogP contribution in [0.1, 0.15) is 0 Å².